The fourth-order valence-electron chi connectivity index (χ4n) is 1.93. The Bertz CT molecular complexity index is 353. The van der Waals surface area contributed by atoms with E-state index in [-0.39, 0.29) is 5.83 Å². The first-order chi connectivity index (χ1) is 6.75. The second-order valence-corrected chi connectivity index (χ2v) is 4.00. The normalized spacial score (nSPS) is 22.1. The Morgan fingerprint density at radius 1 is 1.07 bits per heavy atom. The van der Waals surface area contributed by atoms with Gasteiger partial charge in [-0.1, -0.05) is 17.7 Å². The van der Waals surface area contributed by atoms with Crippen molar-refractivity contribution in [1.82, 2.24) is 0 Å². The molecule has 0 saturated heterocycles. The van der Waals surface area contributed by atoms with Crippen LogP contribution >= 0.6 is 0 Å². The first-order valence-corrected chi connectivity index (χ1v) is 5.18. The maximum absolute atomic E-state index is 13.0. The summed E-state index contributed by atoms with van der Waals surface area (Å²) < 4.78 is 13.0. The molecule has 0 amide bonds. The molecule has 2 aliphatic carbocycles. The van der Waals surface area contributed by atoms with Crippen molar-refractivity contribution in [1.29, 1.82) is 0 Å². The van der Waals surface area contributed by atoms with E-state index in [1.54, 1.807) is 12.2 Å². The molecule has 14 heavy (non-hydrogen) atoms. The Kier molecular flexibility index (Phi) is 2.67. The summed E-state index contributed by atoms with van der Waals surface area (Å²) in [4.78, 5) is 0. The average molecular weight is 190 g/mol. The van der Waals surface area contributed by atoms with Crippen LogP contribution in [-0.2, 0) is 0 Å². The van der Waals surface area contributed by atoms with Crippen LogP contribution in [0.5, 0.6) is 0 Å². The molecule has 0 heterocycles. The predicted molar refractivity (Wildman–Crippen MR) is 57.6 cm³/mol. The van der Waals surface area contributed by atoms with E-state index in [1.807, 2.05) is 0 Å². The first-order valence-electron chi connectivity index (χ1n) is 5.18. The predicted octanol–water partition coefficient (Wildman–Crippen LogP) is 4.23. The van der Waals surface area contributed by atoms with Gasteiger partial charge in [0.15, 0.2) is 0 Å². The average Bonchev–Trinajstić information content (AvgIpc) is 2.19. The zero-order chi connectivity index (χ0) is 9.97. The van der Waals surface area contributed by atoms with Crippen LogP contribution < -0.4 is 0 Å². The van der Waals surface area contributed by atoms with Gasteiger partial charge in [-0.05, 0) is 55.9 Å². The molecule has 0 unspecified atom stereocenters. The quantitative estimate of drug-likeness (QED) is 0.580. The third-order valence-corrected chi connectivity index (χ3v) is 2.84. The highest BCUT2D eigenvalue weighted by molar-refractivity contribution is 5.42. The summed E-state index contributed by atoms with van der Waals surface area (Å²) >= 11 is 0. The van der Waals surface area contributed by atoms with Crippen molar-refractivity contribution >= 4 is 0 Å². The molecule has 0 radical (unpaired) electrons. The molecule has 0 atom stereocenters. The van der Waals surface area contributed by atoms with Gasteiger partial charge >= 0.3 is 0 Å². The van der Waals surface area contributed by atoms with E-state index in [1.165, 1.54) is 16.7 Å². The van der Waals surface area contributed by atoms with Crippen molar-refractivity contribution in [3.05, 3.63) is 46.9 Å². The monoisotopic (exact) mass is 190 g/mol. The van der Waals surface area contributed by atoms with Gasteiger partial charge in [-0.3, -0.25) is 0 Å². The number of hydrogen-bond donors (Lipinski definition) is 0. The van der Waals surface area contributed by atoms with E-state index < -0.39 is 0 Å². The van der Waals surface area contributed by atoms with Crippen molar-refractivity contribution in [2.24, 2.45) is 0 Å². The molecule has 0 aliphatic heterocycles. The number of rotatable bonds is 1. The van der Waals surface area contributed by atoms with Crippen LogP contribution in [0.1, 0.15) is 32.6 Å². The third kappa shape index (κ3) is 2.03. The van der Waals surface area contributed by atoms with Gasteiger partial charge in [-0.15, -0.1) is 0 Å². The lowest BCUT2D eigenvalue weighted by Gasteiger charge is -2.17. The van der Waals surface area contributed by atoms with E-state index in [2.05, 4.69) is 19.1 Å². The molecule has 0 nitrogen and oxygen atoms in total. The highest BCUT2D eigenvalue weighted by Crippen LogP contribution is 2.30. The summed E-state index contributed by atoms with van der Waals surface area (Å²) in [6.07, 6.45) is 11.7. The van der Waals surface area contributed by atoms with Gasteiger partial charge in [0, 0.05) is 0 Å². The minimum atomic E-state index is -0.0709. The number of hydrogen-bond acceptors (Lipinski definition) is 0. The van der Waals surface area contributed by atoms with Crippen molar-refractivity contribution in [2.45, 2.75) is 32.6 Å². The lowest BCUT2D eigenvalue weighted by molar-refractivity contribution is 0.647. The van der Waals surface area contributed by atoms with Crippen LogP contribution in [-0.4, -0.2) is 0 Å². The zero-order valence-corrected chi connectivity index (χ0v) is 8.52. The molecule has 0 bridgehead atoms. The molecule has 2 rings (SSSR count). The maximum atomic E-state index is 13.0. The summed E-state index contributed by atoms with van der Waals surface area (Å²) in [6.45, 7) is 2.14. The van der Waals surface area contributed by atoms with Crippen molar-refractivity contribution < 1.29 is 4.39 Å². The molecule has 0 fully saturated rings. The molecule has 0 N–H and O–H groups in total. The summed E-state index contributed by atoms with van der Waals surface area (Å²) in [5.74, 6) is -0.0709. The molecule has 0 saturated carbocycles. The Hall–Kier alpha value is -1.11. The molecule has 1 heteroatoms. The summed E-state index contributed by atoms with van der Waals surface area (Å²) in [5.41, 5.74) is 3.92. The van der Waals surface area contributed by atoms with E-state index in [0.717, 1.165) is 25.7 Å². The lowest BCUT2D eigenvalue weighted by atomic mass is 9.89. The molecular formula is C13H15F. The van der Waals surface area contributed by atoms with Gasteiger partial charge in [-0.2, -0.15) is 0 Å². The molecular weight excluding hydrogens is 175 g/mol. The zero-order valence-electron chi connectivity index (χ0n) is 8.52. The van der Waals surface area contributed by atoms with Crippen LogP contribution in [0.25, 0.3) is 0 Å². The standard InChI is InChI=1S/C13H15F/c1-10-5-7-11(8-6-10)12-3-2-4-13(14)9-12/h4-5,7,9H,2-3,6,8H2,1H3. The summed E-state index contributed by atoms with van der Waals surface area (Å²) in [7, 11) is 0. The van der Waals surface area contributed by atoms with Gasteiger partial charge in [0.1, 0.15) is 5.83 Å². The van der Waals surface area contributed by atoms with Gasteiger partial charge in [-0.25, -0.2) is 4.39 Å². The van der Waals surface area contributed by atoms with Crippen molar-refractivity contribution in [2.75, 3.05) is 0 Å². The molecule has 74 valence electrons. The Balaban J connectivity index is 2.20. The largest absolute Gasteiger partial charge is 0.207 e. The molecule has 0 aromatic carbocycles. The van der Waals surface area contributed by atoms with Crippen LogP contribution in [0, 0.1) is 0 Å². The molecule has 2 aliphatic rings. The minimum Gasteiger partial charge on any atom is -0.207 e. The summed E-state index contributed by atoms with van der Waals surface area (Å²) in [5, 5.41) is 0. The molecule has 0 aromatic rings. The van der Waals surface area contributed by atoms with Gasteiger partial charge in [0.05, 0.1) is 0 Å². The van der Waals surface area contributed by atoms with Gasteiger partial charge in [0.25, 0.3) is 0 Å². The van der Waals surface area contributed by atoms with Crippen molar-refractivity contribution in [3.63, 3.8) is 0 Å². The van der Waals surface area contributed by atoms with E-state index in [9.17, 15) is 4.39 Å². The highest BCUT2D eigenvalue weighted by atomic mass is 19.1. The maximum Gasteiger partial charge on any atom is 0.119 e. The van der Waals surface area contributed by atoms with Crippen LogP contribution in [0.3, 0.4) is 0 Å². The Morgan fingerprint density at radius 3 is 2.57 bits per heavy atom. The topological polar surface area (TPSA) is 0 Å². The first kappa shape index (κ1) is 9.45. The fourth-order valence-corrected chi connectivity index (χ4v) is 1.93. The Morgan fingerprint density at radius 2 is 1.93 bits per heavy atom. The SMILES string of the molecule is CC1=CC=C(C2=CC(F)=CCC2)CC1. The van der Waals surface area contributed by atoms with Crippen molar-refractivity contribution in [3.8, 4) is 0 Å². The summed E-state index contributed by atoms with van der Waals surface area (Å²) in [6, 6.07) is 0. The van der Waals surface area contributed by atoms with Crippen LogP contribution in [0.2, 0.25) is 0 Å². The smallest absolute Gasteiger partial charge is 0.119 e. The van der Waals surface area contributed by atoms with E-state index in [4.69, 9.17) is 0 Å². The minimum absolute atomic E-state index is 0.0709. The van der Waals surface area contributed by atoms with E-state index in [0.29, 0.717) is 0 Å². The van der Waals surface area contributed by atoms with E-state index >= 15 is 0 Å². The molecule has 0 aromatic heterocycles. The fraction of sp³-hybridized carbons (Fsp3) is 0.385. The van der Waals surface area contributed by atoms with Gasteiger partial charge in [0.2, 0.25) is 0 Å². The number of halogens is 1. The second-order valence-electron chi connectivity index (χ2n) is 4.00. The lowest BCUT2D eigenvalue weighted by Crippen LogP contribution is -1.98. The van der Waals surface area contributed by atoms with Crippen LogP contribution in [0.4, 0.5) is 4.39 Å². The Labute approximate surface area is 84.5 Å². The number of allylic oxidation sites excluding steroid dienone is 8. The molecule has 0 spiro atoms. The van der Waals surface area contributed by atoms with Crippen LogP contribution in [0.15, 0.2) is 46.9 Å². The highest BCUT2D eigenvalue weighted by Gasteiger charge is 2.11. The van der Waals surface area contributed by atoms with Gasteiger partial charge < -0.3 is 0 Å². The second kappa shape index (κ2) is 3.95. The third-order valence-electron chi connectivity index (χ3n) is 2.84.